The minimum atomic E-state index is -1.04. The van der Waals surface area contributed by atoms with Gasteiger partial charge in [0.25, 0.3) is 5.91 Å². The lowest BCUT2D eigenvalue weighted by Crippen LogP contribution is -2.45. The molecule has 0 saturated carbocycles. The number of nitrogens with zero attached hydrogens (tertiary/aromatic N) is 1. The molecular formula is C20H19FN2O5. The Morgan fingerprint density at radius 2 is 1.79 bits per heavy atom. The molecule has 1 atom stereocenters. The first-order chi connectivity index (χ1) is 13.4. The number of hydrogen-bond donors (Lipinski definition) is 1. The summed E-state index contributed by atoms with van der Waals surface area (Å²) in [6, 6.07) is 9.27. The van der Waals surface area contributed by atoms with Crippen molar-refractivity contribution in [1.29, 1.82) is 0 Å². The monoisotopic (exact) mass is 386 g/mol. The number of amides is 2. The van der Waals surface area contributed by atoms with E-state index in [4.69, 9.17) is 4.74 Å². The molecule has 0 fully saturated rings. The minimum absolute atomic E-state index is 0.269. The largest absolute Gasteiger partial charge is 0.465 e. The fourth-order valence-electron chi connectivity index (χ4n) is 3.20. The van der Waals surface area contributed by atoms with Crippen molar-refractivity contribution < 1.29 is 28.2 Å². The molecule has 2 aromatic carbocycles. The number of carbonyl (C=O) groups is 3. The van der Waals surface area contributed by atoms with Crippen molar-refractivity contribution >= 4 is 23.7 Å². The van der Waals surface area contributed by atoms with Crippen molar-refractivity contribution in [3.05, 3.63) is 65.0 Å². The zero-order valence-corrected chi connectivity index (χ0v) is 15.4. The summed E-state index contributed by atoms with van der Waals surface area (Å²) < 4.78 is 23.2. The van der Waals surface area contributed by atoms with E-state index in [-0.39, 0.29) is 6.54 Å². The van der Waals surface area contributed by atoms with Crippen LogP contribution in [0.3, 0.4) is 0 Å². The maximum absolute atomic E-state index is 13.8. The number of hydrogen-bond acceptors (Lipinski definition) is 5. The lowest BCUT2D eigenvalue weighted by Gasteiger charge is -2.35. The van der Waals surface area contributed by atoms with Crippen LogP contribution in [-0.2, 0) is 20.7 Å². The van der Waals surface area contributed by atoms with Gasteiger partial charge in [-0.15, -0.1) is 0 Å². The van der Waals surface area contributed by atoms with Crippen LogP contribution in [0.15, 0.2) is 42.5 Å². The van der Waals surface area contributed by atoms with E-state index < -0.39 is 29.8 Å². The molecule has 2 aromatic rings. The maximum Gasteiger partial charge on any atom is 0.410 e. The van der Waals surface area contributed by atoms with E-state index >= 15 is 0 Å². The average molecular weight is 386 g/mol. The van der Waals surface area contributed by atoms with Crippen molar-refractivity contribution in [3.63, 3.8) is 0 Å². The number of ether oxygens (including phenoxy) is 2. The zero-order valence-electron chi connectivity index (χ0n) is 15.4. The standard InChI is InChI=1S/C20H19FN2O5/c1-27-19(25)13-4-7-15(8-5-13)22-18(24)17-16-11-14(21)6-3-12(16)9-10-23(17)20(26)28-2/h3-8,11,17H,9-10H2,1-2H3,(H,22,24). The number of methoxy groups -OCH3 is 2. The van der Waals surface area contributed by atoms with Gasteiger partial charge < -0.3 is 14.8 Å². The predicted octanol–water partition coefficient (Wildman–Crippen LogP) is 2.92. The van der Waals surface area contributed by atoms with Gasteiger partial charge in [0.05, 0.1) is 19.8 Å². The summed E-state index contributed by atoms with van der Waals surface area (Å²) in [7, 11) is 2.50. The summed E-state index contributed by atoms with van der Waals surface area (Å²) in [5, 5.41) is 2.70. The first-order valence-electron chi connectivity index (χ1n) is 8.56. The molecule has 146 valence electrons. The third kappa shape index (κ3) is 3.80. The highest BCUT2D eigenvalue weighted by molar-refractivity contribution is 5.98. The fraction of sp³-hybridized carbons (Fsp3) is 0.250. The van der Waals surface area contributed by atoms with Gasteiger partial charge in [0, 0.05) is 12.2 Å². The quantitative estimate of drug-likeness (QED) is 0.820. The highest BCUT2D eigenvalue weighted by Crippen LogP contribution is 2.32. The van der Waals surface area contributed by atoms with Gasteiger partial charge in [0.1, 0.15) is 11.9 Å². The normalized spacial score (nSPS) is 15.4. The number of fused-ring (bicyclic) bond motifs is 1. The van der Waals surface area contributed by atoms with Crippen LogP contribution in [0.1, 0.15) is 27.5 Å². The molecule has 2 amide bonds. The average Bonchev–Trinajstić information content (AvgIpc) is 2.72. The Hall–Kier alpha value is -3.42. The van der Waals surface area contributed by atoms with Gasteiger partial charge in [-0.05, 0) is 53.9 Å². The number of anilines is 1. The summed E-state index contributed by atoms with van der Waals surface area (Å²) in [4.78, 5) is 37.9. The van der Waals surface area contributed by atoms with Crippen LogP contribution in [0.25, 0.3) is 0 Å². The van der Waals surface area contributed by atoms with Gasteiger partial charge in [-0.3, -0.25) is 9.69 Å². The molecular weight excluding hydrogens is 367 g/mol. The van der Waals surface area contributed by atoms with Crippen molar-refractivity contribution in [2.75, 3.05) is 26.1 Å². The molecule has 28 heavy (non-hydrogen) atoms. The Kier molecular flexibility index (Phi) is 5.58. The summed E-state index contributed by atoms with van der Waals surface area (Å²) >= 11 is 0. The Labute approximate surface area is 161 Å². The van der Waals surface area contributed by atoms with E-state index in [2.05, 4.69) is 10.1 Å². The Bertz CT molecular complexity index is 913. The molecule has 0 spiro atoms. The molecule has 1 unspecified atom stereocenters. The first-order valence-corrected chi connectivity index (χ1v) is 8.56. The number of halogens is 1. The SMILES string of the molecule is COC(=O)c1ccc(NC(=O)C2c3cc(F)ccc3CCN2C(=O)OC)cc1. The first kappa shape index (κ1) is 19.3. The highest BCUT2D eigenvalue weighted by atomic mass is 19.1. The van der Waals surface area contributed by atoms with Crippen LogP contribution >= 0.6 is 0 Å². The van der Waals surface area contributed by atoms with Crippen LogP contribution in [0.4, 0.5) is 14.9 Å². The smallest absolute Gasteiger partial charge is 0.410 e. The van der Waals surface area contributed by atoms with Gasteiger partial charge >= 0.3 is 12.1 Å². The highest BCUT2D eigenvalue weighted by Gasteiger charge is 2.37. The summed E-state index contributed by atoms with van der Waals surface area (Å²) in [5.41, 5.74) is 1.97. The second-order valence-electron chi connectivity index (χ2n) is 6.22. The number of benzene rings is 2. The molecule has 0 radical (unpaired) electrons. The number of esters is 1. The van der Waals surface area contributed by atoms with E-state index in [1.54, 1.807) is 18.2 Å². The van der Waals surface area contributed by atoms with E-state index in [1.807, 2.05) is 0 Å². The molecule has 3 rings (SSSR count). The van der Waals surface area contributed by atoms with Crippen molar-refractivity contribution in [1.82, 2.24) is 4.90 Å². The molecule has 1 aliphatic heterocycles. The van der Waals surface area contributed by atoms with Crippen molar-refractivity contribution in [2.24, 2.45) is 0 Å². The molecule has 0 aliphatic carbocycles. The van der Waals surface area contributed by atoms with Crippen molar-refractivity contribution in [3.8, 4) is 0 Å². The minimum Gasteiger partial charge on any atom is -0.465 e. The summed E-state index contributed by atoms with van der Waals surface area (Å²) in [6.07, 6.45) is -0.182. The predicted molar refractivity (Wildman–Crippen MR) is 98.4 cm³/mol. The molecule has 0 aromatic heterocycles. The Morgan fingerprint density at radius 3 is 2.43 bits per heavy atom. The van der Waals surface area contributed by atoms with E-state index in [0.29, 0.717) is 23.2 Å². The number of carbonyl (C=O) groups excluding carboxylic acids is 3. The lowest BCUT2D eigenvalue weighted by molar-refractivity contribution is -0.121. The molecule has 1 heterocycles. The van der Waals surface area contributed by atoms with Gasteiger partial charge in [-0.2, -0.15) is 0 Å². The second kappa shape index (κ2) is 8.08. The second-order valence-corrected chi connectivity index (χ2v) is 6.22. The van der Waals surface area contributed by atoms with E-state index in [0.717, 1.165) is 5.56 Å². The van der Waals surface area contributed by atoms with Gasteiger partial charge in [0.2, 0.25) is 0 Å². The fourth-order valence-corrected chi connectivity index (χ4v) is 3.20. The number of nitrogens with one attached hydrogen (secondary N) is 1. The molecule has 1 aliphatic rings. The third-order valence-corrected chi connectivity index (χ3v) is 4.57. The number of rotatable bonds is 3. The maximum atomic E-state index is 13.8. The summed E-state index contributed by atoms with van der Waals surface area (Å²) in [5.74, 6) is -1.50. The lowest BCUT2D eigenvalue weighted by atomic mass is 9.92. The molecule has 1 N–H and O–H groups in total. The Morgan fingerprint density at radius 1 is 1.07 bits per heavy atom. The molecule has 7 nitrogen and oxygen atoms in total. The van der Waals surface area contributed by atoms with Gasteiger partial charge in [-0.1, -0.05) is 6.07 Å². The van der Waals surface area contributed by atoms with Crippen LogP contribution < -0.4 is 5.32 Å². The van der Waals surface area contributed by atoms with Crippen LogP contribution in [0.5, 0.6) is 0 Å². The zero-order chi connectivity index (χ0) is 20.3. The summed E-state index contributed by atoms with van der Waals surface area (Å²) in [6.45, 7) is 0.269. The van der Waals surface area contributed by atoms with Crippen LogP contribution in [0, 0.1) is 5.82 Å². The molecule has 0 bridgehead atoms. The third-order valence-electron chi connectivity index (χ3n) is 4.57. The van der Waals surface area contributed by atoms with Crippen LogP contribution in [-0.4, -0.2) is 43.6 Å². The Balaban J connectivity index is 1.89. The topological polar surface area (TPSA) is 84.9 Å². The van der Waals surface area contributed by atoms with E-state index in [9.17, 15) is 18.8 Å². The molecule has 8 heteroatoms. The van der Waals surface area contributed by atoms with Gasteiger partial charge in [0.15, 0.2) is 0 Å². The van der Waals surface area contributed by atoms with E-state index in [1.165, 1.54) is 43.4 Å². The van der Waals surface area contributed by atoms with Crippen LogP contribution in [0.2, 0.25) is 0 Å². The molecule has 0 saturated heterocycles. The van der Waals surface area contributed by atoms with Crippen molar-refractivity contribution in [2.45, 2.75) is 12.5 Å². The van der Waals surface area contributed by atoms with Gasteiger partial charge in [-0.25, -0.2) is 14.0 Å².